The van der Waals surface area contributed by atoms with Crippen LogP contribution in [0.2, 0.25) is 10.0 Å². The van der Waals surface area contributed by atoms with Crippen molar-refractivity contribution in [3.8, 4) is 5.75 Å². The second kappa shape index (κ2) is 8.81. The monoisotopic (exact) mass is 333 g/mol. The third kappa shape index (κ3) is 6.01. The van der Waals surface area contributed by atoms with E-state index in [9.17, 15) is 5.11 Å². The molecule has 0 spiro atoms. The Balaban J connectivity index is 1.63. The molecular weight excluding hydrogens is 313 g/mol. The van der Waals surface area contributed by atoms with Crippen LogP contribution >= 0.6 is 23.2 Å². The maximum atomic E-state index is 9.90. The van der Waals surface area contributed by atoms with Gasteiger partial charge < -0.3 is 19.9 Å². The molecule has 1 unspecified atom stereocenters. The molecule has 1 aliphatic heterocycles. The molecule has 6 heteroatoms. The van der Waals surface area contributed by atoms with E-state index in [4.69, 9.17) is 32.7 Å². The van der Waals surface area contributed by atoms with Gasteiger partial charge in [-0.25, -0.2) is 0 Å². The summed E-state index contributed by atoms with van der Waals surface area (Å²) >= 11 is 11.8. The first kappa shape index (κ1) is 16.8. The summed E-state index contributed by atoms with van der Waals surface area (Å²) < 4.78 is 10.8. The Morgan fingerprint density at radius 2 is 2.10 bits per heavy atom. The van der Waals surface area contributed by atoms with Gasteiger partial charge in [0.05, 0.1) is 5.02 Å². The van der Waals surface area contributed by atoms with Crippen LogP contribution in [-0.2, 0) is 4.74 Å². The van der Waals surface area contributed by atoms with E-state index in [1.807, 2.05) is 0 Å². The second-order valence-electron chi connectivity index (χ2n) is 5.25. The van der Waals surface area contributed by atoms with E-state index in [1.54, 1.807) is 18.2 Å². The fraction of sp³-hybridized carbons (Fsp3) is 0.600. The van der Waals surface area contributed by atoms with E-state index in [0.29, 0.717) is 28.3 Å². The number of aliphatic hydroxyl groups excluding tert-OH is 1. The maximum absolute atomic E-state index is 9.90. The molecule has 21 heavy (non-hydrogen) atoms. The Hall–Kier alpha value is -0.520. The van der Waals surface area contributed by atoms with Crippen LogP contribution in [0, 0.1) is 5.92 Å². The highest BCUT2D eigenvalue weighted by Crippen LogP contribution is 2.27. The summed E-state index contributed by atoms with van der Waals surface area (Å²) in [4.78, 5) is 0. The van der Waals surface area contributed by atoms with Crippen LogP contribution in [0.1, 0.15) is 12.8 Å². The van der Waals surface area contributed by atoms with Crippen molar-refractivity contribution in [2.24, 2.45) is 5.92 Å². The molecule has 1 fully saturated rings. The zero-order chi connectivity index (χ0) is 15.1. The lowest BCUT2D eigenvalue weighted by atomic mass is 10.0. The number of hydrogen-bond donors (Lipinski definition) is 2. The minimum absolute atomic E-state index is 0.197. The molecule has 2 N–H and O–H groups in total. The summed E-state index contributed by atoms with van der Waals surface area (Å²) in [6.45, 7) is 3.28. The fourth-order valence-corrected chi connectivity index (χ4v) is 2.70. The summed E-state index contributed by atoms with van der Waals surface area (Å²) in [6.07, 6.45) is 1.59. The molecule has 0 aliphatic carbocycles. The van der Waals surface area contributed by atoms with Crippen molar-refractivity contribution in [2.45, 2.75) is 18.9 Å². The zero-order valence-electron chi connectivity index (χ0n) is 11.9. The lowest BCUT2D eigenvalue weighted by molar-refractivity contribution is 0.0630. The van der Waals surface area contributed by atoms with Crippen LogP contribution in [0.25, 0.3) is 0 Å². The SMILES string of the molecule is OC(CNCC1CCOCC1)COc1ccc(Cl)cc1Cl. The van der Waals surface area contributed by atoms with Crippen LogP contribution in [-0.4, -0.2) is 44.1 Å². The van der Waals surface area contributed by atoms with E-state index in [1.165, 1.54) is 0 Å². The second-order valence-corrected chi connectivity index (χ2v) is 6.10. The van der Waals surface area contributed by atoms with E-state index in [2.05, 4.69) is 5.32 Å². The quantitative estimate of drug-likeness (QED) is 0.805. The molecule has 0 bridgehead atoms. The van der Waals surface area contributed by atoms with Gasteiger partial charge in [0.15, 0.2) is 0 Å². The lowest BCUT2D eigenvalue weighted by Crippen LogP contribution is -2.35. The molecule has 1 saturated heterocycles. The van der Waals surface area contributed by atoms with Crippen molar-refractivity contribution in [2.75, 3.05) is 32.9 Å². The molecule has 1 aliphatic rings. The van der Waals surface area contributed by atoms with Crippen molar-refractivity contribution in [3.05, 3.63) is 28.2 Å². The summed E-state index contributed by atoms with van der Waals surface area (Å²) in [5.41, 5.74) is 0. The van der Waals surface area contributed by atoms with Crippen molar-refractivity contribution in [1.82, 2.24) is 5.32 Å². The Bertz CT molecular complexity index is 439. The molecule has 0 amide bonds. The minimum Gasteiger partial charge on any atom is -0.489 e. The predicted octanol–water partition coefficient (Wildman–Crippen LogP) is 2.75. The molecule has 0 saturated carbocycles. The van der Waals surface area contributed by atoms with Crippen molar-refractivity contribution in [1.29, 1.82) is 0 Å². The summed E-state index contributed by atoms with van der Waals surface area (Å²) in [6, 6.07) is 5.03. The lowest BCUT2D eigenvalue weighted by Gasteiger charge is -2.23. The summed E-state index contributed by atoms with van der Waals surface area (Å²) in [7, 11) is 0. The van der Waals surface area contributed by atoms with E-state index >= 15 is 0 Å². The third-order valence-electron chi connectivity index (χ3n) is 3.48. The highest BCUT2D eigenvalue weighted by Gasteiger charge is 2.14. The van der Waals surface area contributed by atoms with Gasteiger partial charge in [0.25, 0.3) is 0 Å². The molecule has 1 aromatic carbocycles. The first-order valence-electron chi connectivity index (χ1n) is 7.19. The first-order chi connectivity index (χ1) is 10.1. The minimum atomic E-state index is -0.573. The van der Waals surface area contributed by atoms with Crippen LogP contribution in [0.3, 0.4) is 0 Å². The van der Waals surface area contributed by atoms with Crippen LogP contribution in [0.5, 0.6) is 5.75 Å². The predicted molar refractivity (Wildman–Crippen MR) is 84.4 cm³/mol. The van der Waals surface area contributed by atoms with Gasteiger partial charge in [-0.05, 0) is 43.5 Å². The molecular formula is C15H21Cl2NO3. The molecule has 1 atom stereocenters. The van der Waals surface area contributed by atoms with Crippen molar-refractivity contribution >= 4 is 23.2 Å². The molecule has 118 valence electrons. The topological polar surface area (TPSA) is 50.7 Å². The Morgan fingerprint density at radius 1 is 1.33 bits per heavy atom. The van der Waals surface area contributed by atoms with Crippen LogP contribution < -0.4 is 10.1 Å². The standard InChI is InChI=1S/C15H21Cl2NO3/c16-12-1-2-15(14(17)7-12)21-10-13(19)9-18-8-11-3-5-20-6-4-11/h1-2,7,11,13,18-19H,3-6,8-10H2. The number of aliphatic hydroxyl groups is 1. The normalized spacial score (nSPS) is 17.7. The molecule has 1 aromatic rings. The van der Waals surface area contributed by atoms with Gasteiger partial charge in [-0.15, -0.1) is 0 Å². The Morgan fingerprint density at radius 3 is 2.81 bits per heavy atom. The Kier molecular flexibility index (Phi) is 7.07. The number of rotatable bonds is 7. The zero-order valence-corrected chi connectivity index (χ0v) is 13.4. The average molecular weight is 334 g/mol. The molecule has 2 rings (SSSR count). The number of ether oxygens (including phenoxy) is 2. The molecule has 1 heterocycles. The van der Waals surface area contributed by atoms with Crippen LogP contribution in [0.15, 0.2) is 18.2 Å². The van der Waals surface area contributed by atoms with Crippen LogP contribution in [0.4, 0.5) is 0 Å². The fourth-order valence-electron chi connectivity index (χ4n) is 2.24. The van der Waals surface area contributed by atoms with E-state index in [-0.39, 0.29) is 6.61 Å². The van der Waals surface area contributed by atoms with Gasteiger partial charge in [0, 0.05) is 24.8 Å². The number of halogens is 2. The molecule has 0 aromatic heterocycles. The van der Waals surface area contributed by atoms with Gasteiger partial charge in [-0.1, -0.05) is 23.2 Å². The van der Waals surface area contributed by atoms with Crippen molar-refractivity contribution in [3.63, 3.8) is 0 Å². The number of benzene rings is 1. The Labute approximate surface area is 135 Å². The van der Waals surface area contributed by atoms with Gasteiger partial charge in [-0.3, -0.25) is 0 Å². The van der Waals surface area contributed by atoms with Gasteiger partial charge in [0.1, 0.15) is 18.5 Å². The number of hydrogen-bond acceptors (Lipinski definition) is 4. The highest BCUT2D eigenvalue weighted by atomic mass is 35.5. The largest absolute Gasteiger partial charge is 0.489 e. The average Bonchev–Trinajstić information content (AvgIpc) is 2.47. The number of nitrogens with one attached hydrogen (secondary N) is 1. The van der Waals surface area contributed by atoms with Gasteiger partial charge in [0.2, 0.25) is 0 Å². The third-order valence-corrected chi connectivity index (χ3v) is 4.01. The van der Waals surface area contributed by atoms with E-state index in [0.717, 1.165) is 32.6 Å². The smallest absolute Gasteiger partial charge is 0.138 e. The van der Waals surface area contributed by atoms with Crippen molar-refractivity contribution < 1.29 is 14.6 Å². The van der Waals surface area contributed by atoms with Gasteiger partial charge >= 0.3 is 0 Å². The first-order valence-corrected chi connectivity index (χ1v) is 7.95. The molecule has 4 nitrogen and oxygen atoms in total. The highest BCUT2D eigenvalue weighted by molar-refractivity contribution is 6.35. The van der Waals surface area contributed by atoms with E-state index < -0.39 is 6.10 Å². The van der Waals surface area contributed by atoms with Gasteiger partial charge in [-0.2, -0.15) is 0 Å². The molecule has 0 radical (unpaired) electrons. The summed E-state index contributed by atoms with van der Waals surface area (Å²) in [5.74, 6) is 1.17. The summed E-state index contributed by atoms with van der Waals surface area (Å²) in [5, 5.41) is 14.2. The maximum Gasteiger partial charge on any atom is 0.138 e.